The molecule has 280 valence electrons. The number of rotatable bonds is 8. The average Bonchev–Trinajstić information content (AvgIpc) is 3.85. The quantitative estimate of drug-likeness (QED) is 0.151. The van der Waals surface area contributed by atoms with Gasteiger partial charge in [0.15, 0.2) is 0 Å². The van der Waals surface area contributed by atoms with E-state index < -0.39 is 0 Å². The third-order valence-electron chi connectivity index (χ3n) is 11.3. The second-order valence-corrected chi connectivity index (χ2v) is 17.2. The van der Waals surface area contributed by atoms with E-state index in [1.165, 1.54) is 68.2 Å². The topological polar surface area (TPSA) is 6.48 Å². The Morgan fingerprint density at radius 1 is 0.271 bits per heavy atom. The third kappa shape index (κ3) is 6.53. The Hall–Kier alpha value is -6.98. The molecular formula is C55H38N2S2. The van der Waals surface area contributed by atoms with E-state index in [2.05, 4.69) is 229 Å². The molecule has 2 aromatic heterocycles. The van der Waals surface area contributed by atoms with Crippen molar-refractivity contribution in [3.05, 3.63) is 218 Å². The number of thiophene rings is 2. The monoisotopic (exact) mass is 790 g/mol. The van der Waals surface area contributed by atoms with Gasteiger partial charge in [-0.3, -0.25) is 0 Å². The highest BCUT2D eigenvalue weighted by Crippen LogP contribution is 2.45. The summed E-state index contributed by atoms with van der Waals surface area (Å²) in [6.07, 6.45) is 0. The minimum absolute atomic E-state index is 1.10. The minimum atomic E-state index is 1.10. The van der Waals surface area contributed by atoms with Crippen molar-refractivity contribution in [3.63, 3.8) is 0 Å². The Morgan fingerprint density at radius 3 is 1.07 bits per heavy atom. The molecule has 9 aromatic carbocycles. The highest BCUT2D eigenvalue weighted by Gasteiger charge is 2.20. The van der Waals surface area contributed by atoms with Crippen LogP contribution in [-0.4, -0.2) is 0 Å². The molecule has 0 saturated heterocycles. The molecule has 0 unspecified atom stereocenters. The van der Waals surface area contributed by atoms with E-state index in [9.17, 15) is 0 Å². The summed E-state index contributed by atoms with van der Waals surface area (Å²) in [4.78, 5) is 4.84. The van der Waals surface area contributed by atoms with E-state index in [0.717, 1.165) is 34.1 Å². The number of benzene rings is 9. The van der Waals surface area contributed by atoms with Crippen molar-refractivity contribution in [2.24, 2.45) is 0 Å². The molecular weight excluding hydrogens is 753 g/mol. The van der Waals surface area contributed by atoms with Crippen LogP contribution in [-0.2, 0) is 0 Å². The maximum absolute atomic E-state index is 2.42. The first-order chi connectivity index (χ1) is 29.1. The lowest BCUT2D eigenvalue weighted by Crippen LogP contribution is -2.13. The summed E-state index contributed by atoms with van der Waals surface area (Å²) < 4.78 is 5.17. The van der Waals surface area contributed by atoms with Crippen LogP contribution in [0.1, 0.15) is 5.56 Å². The van der Waals surface area contributed by atoms with Crippen LogP contribution in [0.2, 0.25) is 0 Å². The van der Waals surface area contributed by atoms with E-state index in [1.807, 2.05) is 22.7 Å². The van der Waals surface area contributed by atoms with Crippen LogP contribution in [0, 0.1) is 6.92 Å². The van der Waals surface area contributed by atoms with Crippen LogP contribution in [0.5, 0.6) is 0 Å². The van der Waals surface area contributed by atoms with Crippen molar-refractivity contribution in [2.75, 3.05) is 9.80 Å². The summed E-state index contributed by atoms with van der Waals surface area (Å²) in [7, 11) is 0. The lowest BCUT2D eigenvalue weighted by atomic mass is 10.0. The molecule has 2 nitrogen and oxygen atoms in total. The minimum Gasteiger partial charge on any atom is -0.310 e. The van der Waals surface area contributed by atoms with E-state index in [4.69, 9.17) is 0 Å². The number of nitrogens with zero attached hydrogens (tertiary/aromatic N) is 2. The zero-order valence-corrected chi connectivity index (χ0v) is 34.1. The number of hydrogen-bond acceptors (Lipinski definition) is 4. The average molecular weight is 791 g/mol. The van der Waals surface area contributed by atoms with Crippen LogP contribution in [0.3, 0.4) is 0 Å². The molecule has 0 amide bonds. The summed E-state index contributed by atoms with van der Waals surface area (Å²) in [5.41, 5.74) is 12.6. The van der Waals surface area contributed by atoms with E-state index in [1.54, 1.807) is 0 Å². The Balaban J connectivity index is 1.09. The van der Waals surface area contributed by atoms with Crippen LogP contribution in [0.25, 0.3) is 62.6 Å². The van der Waals surface area contributed by atoms with Gasteiger partial charge >= 0.3 is 0 Å². The molecule has 0 atom stereocenters. The van der Waals surface area contributed by atoms with Crippen molar-refractivity contribution in [3.8, 4) is 22.3 Å². The van der Waals surface area contributed by atoms with Crippen molar-refractivity contribution in [1.82, 2.24) is 0 Å². The Morgan fingerprint density at radius 2 is 0.627 bits per heavy atom. The molecule has 0 radical (unpaired) electrons. The van der Waals surface area contributed by atoms with Crippen LogP contribution >= 0.6 is 22.7 Å². The maximum Gasteiger partial charge on any atom is 0.0485 e. The van der Waals surface area contributed by atoms with Crippen molar-refractivity contribution >= 4 is 97.1 Å². The van der Waals surface area contributed by atoms with Crippen LogP contribution < -0.4 is 9.80 Å². The molecule has 11 rings (SSSR count). The van der Waals surface area contributed by atoms with Gasteiger partial charge in [-0.15, -0.1) is 22.7 Å². The van der Waals surface area contributed by atoms with Gasteiger partial charge in [-0.25, -0.2) is 0 Å². The van der Waals surface area contributed by atoms with Crippen LogP contribution in [0.4, 0.5) is 34.1 Å². The molecule has 59 heavy (non-hydrogen) atoms. The second-order valence-electron chi connectivity index (χ2n) is 15.1. The largest absolute Gasteiger partial charge is 0.310 e. The van der Waals surface area contributed by atoms with Gasteiger partial charge in [0.25, 0.3) is 0 Å². The molecule has 4 heteroatoms. The van der Waals surface area contributed by atoms with Gasteiger partial charge in [-0.2, -0.15) is 0 Å². The van der Waals surface area contributed by atoms with E-state index >= 15 is 0 Å². The van der Waals surface area contributed by atoms with Gasteiger partial charge in [-0.05, 0) is 114 Å². The molecule has 2 heterocycles. The highest BCUT2D eigenvalue weighted by atomic mass is 32.1. The zero-order chi connectivity index (χ0) is 39.3. The first-order valence-corrected chi connectivity index (χ1v) is 21.6. The summed E-state index contributed by atoms with van der Waals surface area (Å²) in [6, 6.07) is 77.6. The first kappa shape index (κ1) is 35.2. The Bertz CT molecular complexity index is 3050. The molecule has 0 bridgehead atoms. The lowest BCUT2D eigenvalue weighted by Gasteiger charge is -2.30. The fourth-order valence-electron chi connectivity index (χ4n) is 8.47. The maximum atomic E-state index is 2.42. The molecule has 0 aliphatic carbocycles. The summed E-state index contributed by atoms with van der Waals surface area (Å²) >= 11 is 3.71. The van der Waals surface area contributed by atoms with E-state index in [0.29, 0.717) is 0 Å². The summed E-state index contributed by atoms with van der Waals surface area (Å²) in [5.74, 6) is 0. The second kappa shape index (κ2) is 14.8. The third-order valence-corrected chi connectivity index (χ3v) is 13.5. The fraction of sp³-hybridized carbons (Fsp3) is 0.0182. The molecule has 0 aliphatic heterocycles. The predicted molar refractivity (Wildman–Crippen MR) is 257 cm³/mol. The molecule has 11 aromatic rings. The number of aryl methyl sites for hydroxylation is 1. The van der Waals surface area contributed by atoms with Gasteiger partial charge < -0.3 is 9.80 Å². The van der Waals surface area contributed by atoms with Gasteiger partial charge in [0.2, 0.25) is 0 Å². The van der Waals surface area contributed by atoms with E-state index in [-0.39, 0.29) is 0 Å². The standard InChI is InChI=1S/C55H38N2S2/c1-37-32-46(56(42-24-20-40(21-25-42)38-12-4-2-5-13-38)44-28-30-50-48-16-8-10-18-52(48)58-54(50)35-44)34-47(33-37)57(43-26-22-41(23-27-43)39-14-6-3-7-15-39)45-29-31-51-49-17-9-11-19-53(49)59-55(51)36-45/h2-36H,1H3. The number of anilines is 6. The van der Waals surface area contributed by atoms with Crippen LogP contribution in [0.15, 0.2) is 212 Å². The Labute approximate surface area is 352 Å². The van der Waals surface area contributed by atoms with Gasteiger partial charge in [0.05, 0.1) is 0 Å². The first-order valence-electron chi connectivity index (χ1n) is 20.0. The van der Waals surface area contributed by atoms with Crippen molar-refractivity contribution in [2.45, 2.75) is 6.92 Å². The predicted octanol–water partition coefficient (Wildman–Crippen LogP) is 17.0. The molecule has 0 aliphatic rings. The fourth-order valence-corrected chi connectivity index (χ4v) is 10.7. The normalized spacial score (nSPS) is 11.5. The molecule has 0 saturated carbocycles. The number of hydrogen-bond donors (Lipinski definition) is 0. The number of fused-ring (bicyclic) bond motifs is 6. The molecule has 0 N–H and O–H groups in total. The van der Waals surface area contributed by atoms with Crippen molar-refractivity contribution in [1.29, 1.82) is 0 Å². The highest BCUT2D eigenvalue weighted by molar-refractivity contribution is 7.26. The zero-order valence-electron chi connectivity index (χ0n) is 32.4. The van der Waals surface area contributed by atoms with Gasteiger partial charge in [0.1, 0.15) is 0 Å². The summed E-state index contributed by atoms with van der Waals surface area (Å²) in [6.45, 7) is 2.21. The lowest BCUT2D eigenvalue weighted by molar-refractivity contribution is 1.24. The van der Waals surface area contributed by atoms with Gasteiger partial charge in [0, 0.05) is 74.5 Å². The smallest absolute Gasteiger partial charge is 0.0485 e. The molecule has 0 spiro atoms. The summed E-state index contributed by atoms with van der Waals surface area (Å²) in [5, 5.41) is 5.20. The molecule has 0 fully saturated rings. The SMILES string of the molecule is Cc1cc(N(c2ccc(-c3ccccc3)cc2)c2ccc3c(c2)sc2ccccc23)cc(N(c2ccc(-c3ccccc3)cc2)c2ccc3c(c2)sc2ccccc23)c1. The Kier molecular flexibility index (Phi) is 8.80. The van der Waals surface area contributed by atoms with Gasteiger partial charge in [-0.1, -0.05) is 133 Å². The van der Waals surface area contributed by atoms with Crippen molar-refractivity contribution < 1.29 is 0 Å².